The van der Waals surface area contributed by atoms with Crippen molar-refractivity contribution in [2.45, 2.75) is 32.5 Å². The fourth-order valence-corrected chi connectivity index (χ4v) is 3.58. The number of methoxy groups -OCH3 is 1. The Labute approximate surface area is 144 Å². The highest BCUT2D eigenvalue weighted by atomic mass is 31.2. The molecule has 1 unspecified atom stereocenters. The van der Waals surface area contributed by atoms with E-state index in [0.717, 1.165) is 22.4 Å². The first-order chi connectivity index (χ1) is 11.5. The maximum Gasteiger partial charge on any atom is 0.254 e. The van der Waals surface area contributed by atoms with Crippen LogP contribution in [0.3, 0.4) is 0 Å². The lowest BCUT2D eigenvalue weighted by molar-refractivity contribution is 0.261. The average molecular weight is 349 g/mol. The van der Waals surface area contributed by atoms with Gasteiger partial charge in [-0.2, -0.15) is 0 Å². The van der Waals surface area contributed by atoms with Crippen LogP contribution < -0.4 is 4.74 Å². The third-order valence-corrected chi connectivity index (χ3v) is 5.02. The highest BCUT2D eigenvalue weighted by Crippen LogP contribution is 2.44. The molecule has 6 heteroatoms. The Balaban J connectivity index is 2.49. The van der Waals surface area contributed by atoms with E-state index in [9.17, 15) is 14.9 Å². The summed E-state index contributed by atoms with van der Waals surface area (Å²) in [5.41, 5.74) is 2.69. The molecular weight excluding hydrogens is 325 g/mol. The van der Waals surface area contributed by atoms with E-state index in [1.807, 2.05) is 62.4 Å². The Morgan fingerprint density at radius 1 is 0.958 bits per heavy atom. The molecular formula is C18H24NO4P. The first kappa shape index (κ1) is 18.8. The van der Waals surface area contributed by atoms with Gasteiger partial charge in [0, 0.05) is 6.04 Å². The van der Waals surface area contributed by atoms with Crippen molar-refractivity contribution in [2.24, 2.45) is 0 Å². The van der Waals surface area contributed by atoms with E-state index < -0.39 is 8.53 Å². The number of hydrogen-bond acceptors (Lipinski definition) is 5. The van der Waals surface area contributed by atoms with Gasteiger partial charge >= 0.3 is 0 Å². The topological polar surface area (TPSA) is 73.2 Å². The Kier molecular flexibility index (Phi) is 6.72. The van der Waals surface area contributed by atoms with E-state index in [1.54, 1.807) is 11.8 Å². The fraction of sp³-hybridized carbons (Fsp3) is 0.333. The molecule has 1 atom stereocenters. The minimum atomic E-state index is -2.26. The number of aliphatic hydroxyl groups is 1. The lowest BCUT2D eigenvalue weighted by Gasteiger charge is -2.35. The van der Waals surface area contributed by atoms with Crippen molar-refractivity contribution in [3.63, 3.8) is 0 Å². The van der Waals surface area contributed by atoms with E-state index >= 15 is 0 Å². The van der Waals surface area contributed by atoms with Crippen molar-refractivity contribution in [3.8, 4) is 5.75 Å². The van der Waals surface area contributed by atoms with E-state index in [2.05, 4.69) is 0 Å². The zero-order valence-electron chi connectivity index (χ0n) is 14.1. The van der Waals surface area contributed by atoms with Gasteiger partial charge in [-0.3, -0.25) is 0 Å². The lowest BCUT2D eigenvalue weighted by atomic mass is 9.97. The van der Waals surface area contributed by atoms with Crippen LogP contribution in [0.5, 0.6) is 5.75 Å². The van der Waals surface area contributed by atoms with Gasteiger partial charge in [0.15, 0.2) is 0 Å². The predicted octanol–water partition coefficient (Wildman–Crippen LogP) is 3.20. The van der Waals surface area contributed by atoms with E-state index in [-0.39, 0.29) is 18.7 Å². The number of nitrogens with zero attached hydrogens (tertiary/aromatic N) is 1. The summed E-state index contributed by atoms with van der Waals surface area (Å²) in [4.78, 5) is 19.9. The molecule has 0 aliphatic heterocycles. The van der Waals surface area contributed by atoms with Gasteiger partial charge in [-0.05, 0) is 42.7 Å². The van der Waals surface area contributed by atoms with Crippen molar-refractivity contribution in [1.29, 1.82) is 0 Å². The maximum absolute atomic E-state index is 9.96. The highest BCUT2D eigenvalue weighted by Gasteiger charge is 2.30. The van der Waals surface area contributed by atoms with Crippen molar-refractivity contribution < 1.29 is 19.6 Å². The molecule has 0 heterocycles. The van der Waals surface area contributed by atoms with Gasteiger partial charge in [-0.15, -0.1) is 0 Å². The summed E-state index contributed by atoms with van der Waals surface area (Å²) >= 11 is 0. The lowest BCUT2D eigenvalue weighted by Crippen LogP contribution is -2.31. The fourth-order valence-electron chi connectivity index (χ4n) is 2.70. The van der Waals surface area contributed by atoms with Crippen LogP contribution in [0.25, 0.3) is 0 Å². The molecule has 0 saturated carbocycles. The van der Waals surface area contributed by atoms with Crippen LogP contribution in [0.15, 0.2) is 48.5 Å². The van der Waals surface area contributed by atoms with E-state index in [4.69, 9.17) is 4.74 Å². The van der Waals surface area contributed by atoms with Crippen molar-refractivity contribution in [3.05, 3.63) is 65.2 Å². The monoisotopic (exact) mass is 349 g/mol. The molecule has 0 fully saturated rings. The van der Waals surface area contributed by atoms with Crippen LogP contribution in [0.2, 0.25) is 0 Å². The van der Waals surface area contributed by atoms with Crippen LogP contribution >= 0.6 is 8.53 Å². The molecule has 3 N–H and O–H groups in total. The molecule has 130 valence electrons. The Bertz CT molecular complexity index is 573. The number of rotatable bonds is 7. The first-order valence-corrected chi connectivity index (χ1v) is 8.97. The van der Waals surface area contributed by atoms with Crippen molar-refractivity contribution in [2.75, 3.05) is 7.11 Å². The predicted molar refractivity (Wildman–Crippen MR) is 95.5 cm³/mol. The zero-order chi connectivity index (χ0) is 17.7. The van der Waals surface area contributed by atoms with Crippen LogP contribution in [-0.2, 0) is 6.61 Å². The first-order valence-electron chi connectivity index (χ1n) is 7.77. The Morgan fingerprint density at radius 3 is 1.83 bits per heavy atom. The summed E-state index contributed by atoms with van der Waals surface area (Å²) in [6.07, 6.45) is 0. The second kappa shape index (κ2) is 8.56. The third-order valence-electron chi connectivity index (χ3n) is 3.91. The summed E-state index contributed by atoms with van der Waals surface area (Å²) in [6.45, 7) is 3.84. The van der Waals surface area contributed by atoms with Gasteiger partial charge in [0.2, 0.25) is 0 Å². The van der Waals surface area contributed by atoms with E-state index in [0.29, 0.717) is 0 Å². The molecule has 0 aromatic heterocycles. The molecule has 2 aromatic carbocycles. The van der Waals surface area contributed by atoms with Crippen molar-refractivity contribution in [1.82, 2.24) is 4.67 Å². The molecule has 24 heavy (non-hydrogen) atoms. The van der Waals surface area contributed by atoms with Gasteiger partial charge in [0.1, 0.15) is 5.75 Å². The van der Waals surface area contributed by atoms with Crippen LogP contribution in [0, 0.1) is 0 Å². The maximum atomic E-state index is 9.96. The smallest absolute Gasteiger partial charge is 0.254 e. The molecule has 5 nitrogen and oxygen atoms in total. The van der Waals surface area contributed by atoms with Gasteiger partial charge in [-0.25, -0.2) is 4.67 Å². The van der Waals surface area contributed by atoms with Gasteiger partial charge < -0.3 is 19.6 Å². The van der Waals surface area contributed by atoms with Crippen molar-refractivity contribution >= 4 is 8.53 Å². The average Bonchev–Trinajstić information content (AvgIpc) is 2.59. The van der Waals surface area contributed by atoms with Crippen LogP contribution in [-0.4, -0.2) is 32.7 Å². The highest BCUT2D eigenvalue weighted by molar-refractivity contribution is 7.42. The standard InChI is InChI=1S/C18H24NO4P/c1-13(2)19(24(21)22)18(15-6-4-14(12-20)5-7-15)16-8-10-17(23-3)11-9-16/h4-11,13,18,20-22H,12H2,1-3H3. The zero-order valence-corrected chi connectivity index (χ0v) is 15.0. The Hall–Kier alpha value is -1.49. The number of aliphatic hydroxyl groups excluding tert-OH is 1. The minimum absolute atomic E-state index is 0.0198. The quantitative estimate of drug-likeness (QED) is 0.670. The molecule has 0 radical (unpaired) electrons. The molecule has 0 aliphatic rings. The molecule has 0 aliphatic carbocycles. The molecule has 0 bridgehead atoms. The van der Waals surface area contributed by atoms with E-state index in [1.165, 1.54) is 0 Å². The summed E-state index contributed by atoms with van der Waals surface area (Å²) < 4.78 is 6.89. The summed E-state index contributed by atoms with van der Waals surface area (Å²) in [6, 6.07) is 14.7. The summed E-state index contributed by atoms with van der Waals surface area (Å²) in [5.74, 6) is 0.750. The molecule has 0 saturated heterocycles. The SMILES string of the molecule is COc1ccc(C(c2ccc(CO)cc2)N(C(C)C)P(O)O)cc1. The number of hydrogen-bond donors (Lipinski definition) is 3. The largest absolute Gasteiger partial charge is 0.497 e. The molecule has 2 aromatic rings. The third kappa shape index (κ3) is 4.32. The van der Waals surface area contributed by atoms with Gasteiger partial charge in [0.05, 0.1) is 19.8 Å². The molecule has 0 amide bonds. The Morgan fingerprint density at radius 2 is 1.46 bits per heavy atom. The summed E-state index contributed by atoms with van der Waals surface area (Å²) in [5, 5.41) is 9.23. The van der Waals surface area contributed by atoms with Crippen LogP contribution in [0.1, 0.15) is 36.6 Å². The second-order valence-electron chi connectivity index (χ2n) is 5.82. The summed E-state index contributed by atoms with van der Waals surface area (Å²) in [7, 11) is -0.647. The molecule has 2 rings (SSSR count). The number of ether oxygens (including phenoxy) is 1. The normalized spacial score (nSPS) is 12.9. The van der Waals surface area contributed by atoms with Crippen LogP contribution in [0.4, 0.5) is 0 Å². The molecule has 0 spiro atoms. The minimum Gasteiger partial charge on any atom is -0.497 e. The number of benzene rings is 2. The van der Waals surface area contributed by atoms with Gasteiger partial charge in [-0.1, -0.05) is 36.4 Å². The second-order valence-corrected chi connectivity index (χ2v) is 6.82. The van der Waals surface area contributed by atoms with Gasteiger partial charge in [0.25, 0.3) is 8.53 Å².